The molecule has 4 atom stereocenters. The average Bonchev–Trinajstić information content (AvgIpc) is 2.80. The van der Waals surface area contributed by atoms with Crippen molar-refractivity contribution < 1.29 is 35.5 Å². The molecule has 3 saturated carbocycles. The molecule has 3 N–H and O–H groups in total. The number of hydrogen-bond acceptors (Lipinski definition) is 6. The fourth-order valence-corrected chi connectivity index (χ4v) is 7.96. The summed E-state index contributed by atoms with van der Waals surface area (Å²) in [4.78, 5) is 12.5. The molecule has 1 amide bonds. The molecule has 0 heterocycles. The molecule has 8 nitrogen and oxygen atoms in total. The van der Waals surface area contributed by atoms with E-state index in [0.717, 1.165) is 24.5 Å². The van der Waals surface area contributed by atoms with Crippen LogP contribution in [-0.2, 0) is 19.9 Å². The molecule has 3 fully saturated rings. The van der Waals surface area contributed by atoms with Gasteiger partial charge in [0.05, 0.1) is 27.0 Å². The molecule has 3 unspecified atom stereocenters. The van der Waals surface area contributed by atoms with Crippen LogP contribution in [0.15, 0.2) is 35.2 Å². The number of carbonyl (C=O) groups excluding carboxylic acids is 1. The predicted octanol–water partition coefficient (Wildman–Crippen LogP) is 3.03. The average molecular weight is 563 g/mol. The fourth-order valence-electron chi connectivity index (χ4n) is 5.06. The van der Waals surface area contributed by atoms with E-state index >= 15 is 0 Å². The summed E-state index contributed by atoms with van der Waals surface area (Å²) < 4.78 is 79.1. The van der Waals surface area contributed by atoms with E-state index in [2.05, 4.69) is 10.0 Å². The summed E-state index contributed by atoms with van der Waals surface area (Å²) in [6.07, 6.45) is 1.79. The zero-order chi connectivity index (χ0) is 26.6. The van der Waals surface area contributed by atoms with E-state index in [1.54, 1.807) is 0 Å². The van der Waals surface area contributed by atoms with Gasteiger partial charge in [-0.1, -0.05) is 11.6 Å². The normalized spacial score (nSPS) is 25.8. The van der Waals surface area contributed by atoms with Crippen molar-refractivity contribution >= 4 is 43.1 Å². The molecule has 196 valence electrons. The highest BCUT2D eigenvalue weighted by Gasteiger charge is 2.60. The van der Waals surface area contributed by atoms with E-state index in [0.29, 0.717) is 6.42 Å². The van der Waals surface area contributed by atoms with E-state index in [1.165, 1.54) is 19.1 Å². The first-order valence-corrected chi connectivity index (χ1v) is 14.9. The van der Waals surface area contributed by atoms with E-state index in [-0.39, 0.29) is 46.1 Å². The smallest absolute Gasteiger partial charge is 0.255 e. The number of halogens is 3. The second kappa shape index (κ2) is 9.32. The molecule has 36 heavy (non-hydrogen) atoms. The number of rotatable bonds is 7. The first kappa shape index (κ1) is 26.9. The molecule has 2 aromatic carbocycles. The molecule has 0 aromatic heterocycles. The zero-order valence-corrected chi connectivity index (χ0v) is 21.8. The Hall–Kier alpha value is -2.12. The molecule has 2 bridgehead atoms. The van der Waals surface area contributed by atoms with Gasteiger partial charge in [0.1, 0.15) is 0 Å². The topological polar surface area (TPSA) is 130 Å². The number of hydrogen-bond donors (Lipinski definition) is 3. The molecule has 3 aliphatic carbocycles. The molecule has 0 radical (unpaired) electrons. The lowest BCUT2D eigenvalue weighted by atomic mass is 9.54. The van der Waals surface area contributed by atoms with E-state index in [9.17, 15) is 35.5 Å². The van der Waals surface area contributed by atoms with Gasteiger partial charge in [0.25, 0.3) is 5.91 Å². The number of anilines is 1. The summed E-state index contributed by atoms with van der Waals surface area (Å²) in [5.41, 5.74) is -1.05. The highest BCUT2D eigenvalue weighted by atomic mass is 35.5. The second-order valence-corrected chi connectivity index (χ2v) is 14.0. The lowest BCUT2D eigenvalue weighted by molar-refractivity contribution is -0.170. The lowest BCUT2D eigenvalue weighted by Crippen LogP contribution is -2.66. The molecule has 0 aliphatic heterocycles. The van der Waals surface area contributed by atoms with Gasteiger partial charge in [0, 0.05) is 23.9 Å². The molecular weight excluding hydrogens is 538 g/mol. The molecule has 13 heteroatoms. The van der Waals surface area contributed by atoms with Crippen molar-refractivity contribution in [2.24, 2.45) is 11.8 Å². The van der Waals surface area contributed by atoms with Crippen LogP contribution >= 0.6 is 11.6 Å². The minimum atomic E-state index is -4.01. The maximum atomic E-state index is 13.6. The van der Waals surface area contributed by atoms with Gasteiger partial charge in [0.2, 0.25) is 10.0 Å². The Morgan fingerprint density at radius 2 is 1.69 bits per heavy atom. The Morgan fingerprint density at radius 1 is 1.08 bits per heavy atom. The summed E-state index contributed by atoms with van der Waals surface area (Å²) >= 11 is 6.20. The van der Waals surface area contributed by atoms with Gasteiger partial charge < -0.3 is 10.4 Å². The van der Waals surface area contributed by atoms with Crippen LogP contribution < -0.4 is 10.0 Å². The number of carbonyl (C=O) groups is 1. The number of benzene rings is 2. The van der Waals surface area contributed by atoms with Gasteiger partial charge in [0.15, 0.2) is 21.5 Å². The SMILES string of the molecule is Cc1cc(F)c(F)cc1NC(=O)c1ccc(Cl)c(S(=O)(=O)C2CC3C[C@@H](C2)C3(O)CNS(C)(=O)=O)c1. The zero-order valence-electron chi connectivity index (χ0n) is 19.4. The van der Waals surface area contributed by atoms with E-state index < -0.39 is 60.1 Å². The van der Waals surface area contributed by atoms with Crippen LogP contribution in [0.2, 0.25) is 5.02 Å². The van der Waals surface area contributed by atoms with E-state index in [1.807, 2.05) is 0 Å². The van der Waals surface area contributed by atoms with Crippen LogP contribution in [0.4, 0.5) is 14.5 Å². The maximum Gasteiger partial charge on any atom is 0.255 e. The van der Waals surface area contributed by atoms with Crippen molar-refractivity contribution in [2.75, 3.05) is 18.1 Å². The first-order valence-electron chi connectivity index (χ1n) is 11.1. The minimum absolute atomic E-state index is 0.0348. The van der Waals surface area contributed by atoms with Gasteiger partial charge in [-0.05, 0) is 67.9 Å². The Kier molecular flexibility index (Phi) is 6.97. The molecule has 0 saturated heterocycles. The molecule has 3 aliphatic rings. The third-order valence-corrected chi connectivity index (χ3v) is 10.5. The van der Waals surface area contributed by atoms with Crippen molar-refractivity contribution in [3.8, 4) is 0 Å². The standard InChI is InChI=1S/C23H25ClF2N2O6S2/c1-12-5-18(25)19(26)10-20(12)28-22(29)13-3-4-17(24)21(6-13)36(33,34)16-8-14-7-15(9-16)23(14,30)11-27-35(2,31)32/h3-6,10,14-16,27,30H,7-9,11H2,1-2H3,(H,28,29)/t14-,15?,16?,23?/m0/s1. The van der Waals surface area contributed by atoms with Crippen LogP contribution in [0.25, 0.3) is 0 Å². The summed E-state index contributed by atoms with van der Waals surface area (Å²) in [5, 5.41) is 12.4. The van der Waals surface area contributed by atoms with Gasteiger partial charge >= 0.3 is 0 Å². The maximum absolute atomic E-state index is 13.6. The number of amides is 1. The quantitative estimate of drug-likeness (QED) is 0.476. The van der Waals surface area contributed by atoms with Crippen molar-refractivity contribution in [3.05, 3.63) is 58.1 Å². The molecule has 0 spiro atoms. The Bertz CT molecular complexity index is 1440. The van der Waals surface area contributed by atoms with Crippen molar-refractivity contribution in [1.29, 1.82) is 0 Å². The van der Waals surface area contributed by atoms with E-state index in [4.69, 9.17) is 11.6 Å². The number of sulfone groups is 1. The summed E-state index contributed by atoms with van der Waals surface area (Å²) in [6.45, 7) is 1.30. The van der Waals surface area contributed by atoms with Gasteiger partial charge in [-0.25, -0.2) is 30.3 Å². The third kappa shape index (κ3) is 5.01. The van der Waals surface area contributed by atoms with Gasteiger partial charge in [-0.2, -0.15) is 0 Å². The molecule has 5 rings (SSSR count). The summed E-state index contributed by atoms with van der Waals surface area (Å²) in [7, 11) is -7.53. The van der Waals surface area contributed by atoms with Crippen LogP contribution in [0.1, 0.15) is 35.2 Å². The molecule has 2 aromatic rings. The van der Waals surface area contributed by atoms with Crippen LogP contribution in [0, 0.1) is 30.4 Å². The fraction of sp³-hybridized carbons (Fsp3) is 0.435. The summed E-state index contributed by atoms with van der Waals surface area (Å²) in [5.74, 6) is -3.75. The number of sulfonamides is 1. The Morgan fingerprint density at radius 3 is 2.31 bits per heavy atom. The minimum Gasteiger partial charge on any atom is -0.388 e. The Balaban J connectivity index is 1.54. The van der Waals surface area contributed by atoms with Crippen LogP contribution in [-0.4, -0.2) is 51.5 Å². The van der Waals surface area contributed by atoms with Crippen molar-refractivity contribution in [1.82, 2.24) is 4.72 Å². The molecular formula is C23H25ClF2N2O6S2. The number of nitrogens with one attached hydrogen (secondary N) is 2. The Labute approximate surface area is 213 Å². The number of aliphatic hydroxyl groups is 1. The number of aryl methyl sites for hydroxylation is 1. The van der Waals surface area contributed by atoms with Crippen LogP contribution in [0.5, 0.6) is 0 Å². The second-order valence-electron chi connectivity index (χ2n) is 9.53. The van der Waals surface area contributed by atoms with Crippen molar-refractivity contribution in [2.45, 2.75) is 41.9 Å². The number of fused-ring (bicyclic) bond motifs is 2. The predicted molar refractivity (Wildman–Crippen MR) is 130 cm³/mol. The lowest BCUT2D eigenvalue weighted by Gasteiger charge is -2.58. The highest BCUT2D eigenvalue weighted by molar-refractivity contribution is 7.92. The van der Waals surface area contributed by atoms with Crippen LogP contribution in [0.3, 0.4) is 0 Å². The van der Waals surface area contributed by atoms with Gasteiger partial charge in [-0.3, -0.25) is 4.79 Å². The monoisotopic (exact) mass is 562 g/mol. The largest absolute Gasteiger partial charge is 0.388 e. The third-order valence-electron chi connectivity index (χ3n) is 7.15. The van der Waals surface area contributed by atoms with Gasteiger partial charge in [-0.15, -0.1) is 0 Å². The first-order chi connectivity index (χ1) is 16.6. The highest BCUT2D eigenvalue weighted by Crippen LogP contribution is 2.55. The summed E-state index contributed by atoms with van der Waals surface area (Å²) in [6, 6.07) is 5.50. The van der Waals surface area contributed by atoms with Crippen molar-refractivity contribution in [3.63, 3.8) is 0 Å².